The van der Waals surface area contributed by atoms with Crippen LogP contribution < -0.4 is 5.56 Å². The number of esters is 1. The van der Waals surface area contributed by atoms with E-state index in [0.29, 0.717) is 21.2 Å². The van der Waals surface area contributed by atoms with Gasteiger partial charge in [-0.3, -0.25) is 4.79 Å². The number of hydrogen-bond donors (Lipinski definition) is 1. The average molecular weight is 394 g/mol. The second kappa shape index (κ2) is 6.56. The largest absolute Gasteiger partial charge is 0.455 e. The van der Waals surface area contributed by atoms with Crippen molar-refractivity contribution >= 4 is 33.2 Å². The van der Waals surface area contributed by atoms with Gasteiger partial charge in [-0.15, -0.1) is 0 Å². The number of aromatic nitrogens is 4. The zero-order valence-electron chi connectivity index (χ0n) is 15.3. The summed E-state index contributed by atoms with van der Waals surface area (Å²) in [6.07, 6.45) is 4.49. The Morgan fingerprint density at radius 2 is 2.14 bits per heavy atom. The highest BCUT2D eigenvalue weighted by atomic mass is 32.1. The molecule has 4 aromatic rings. The predicted molar refractivity (Wildman–Crippen MR) is 106 cm³/mol. The van der Waals surface area contributed by atoms with Crippen LogP contribution in [0.3, 0.4) is 0 Å². The molecule has 28 heavy (non-hydrogen) atoms. The molecule has 0 saturated heterocycles. The van der Waals surface area contributed by atoms with Crippen LogP contribution in [0, 0.1) is 6.92 Å². The number of H-pyrrole nitrogens is 1. The number of benzene rings is 1. The third kappa shape index (κ3) is 2.90. The molecule has 8 heteroatoms. The van der Waals surface area contributed by atoms with Crippen LogP contribution in [-0.4, -0.2) is 25.6 Å². The average Bonchev–Trinajstić information content (AvgIpc) is 3.26. The van der Waals surface area contributed by atoms with E-state index in [4.69, 9.17) is 4.74 Å². The van der Waals surface area contributed by atoms with Gasteiger partial charge in [0.2, 0.25) is 4.96 Å². The van der Waals surface area contributed by atoms with Crippen LogP contribution in [0.2, 0.25) is 0 Å². The van der Waals surface area contributed by atoms with Crippen molar-refractivity contribution in [1.82, 2.24) is 19.6 Å². The van der Waals surface area contributed by atoms with Gasteiger partial charge in [-0.2, -0.15) is 9.61 Å². The molecule has 1 N–H and O–H groups in total. The number of aryl methyl sites for hydroxylation is 3. The summed E-state index contributed by atoms with van der Waals surface area (Å²) in [6.45, 7) is 1.77. The molecule has 3 heterocycles. The Bertz CT molecular complexity index is 1280. The number of rotatable bonds is 3. The predicted octanol–water partition coefficient (Wildman–Crippen LogP) is 3.18. The number of carbonyl (C=O) groups is 1. The molecule has 0 atom stereocenters. The van der Waals surface area contributed by atoms with Gasteiger partial charge in [0.15, 0.2) is 5.01 Å². The SMILES string of the molecule is Cc1cc(=O)n2nc(COC(=O)c3ccc4[nH]c5c(c4c3)CCCC5)sc2n1. The molecule has 0 aliphatic heterocycles. The highest BCUT2D eigenvalue weighted by molar-refractivity contribution is 7.16. The molecule has 1 aromatic carbocycles. The molecule has 0 fully saturated rings. The zero-order chi connectivity index (χ0) is 19.3. The van der Waals surface area contributed by atoms with E-state index in [1.165, 1.54) is 46.0 Å². The summed E-state index contributed by atoms with van der Waals surface area (Å²) in [4.78, 5) is 32.7. The summed E-state index contributed by atoms with van der Waals surface area (Å²) >= 11 is 1.24. The van der Waals surface area contributed by atoms with Gasteiger partial charge < -0.3 is 9.72 Å². The van der Waals surface area contributed by atoms with Crippen molar-refractivity contribution in [2.45, 2.75) is 39.2 Å². The van der Waals surface area contributed by atoms with Gasteiger partial charge in [0.25, 0.3) is 5.56 Å². The Kier molecular flexibility index (Phi) is 4.01. The van der Waals surface area contributed by atoms with Crippen LogP contribution in [0.1, 0.15) is 45.2 Å². The molecule has 0 unspecified atom stereocenters. The van der Waals surface area contributed by atoms with Crippen LogP contribution in [0.4, 0.5) is 0 Å². The van der Waals surface area contributed by atoms with Gasteiger partial charge in [-0.25, -0.2) is 9.78 Å². The molecule has 0 saturated carbocycles. The summed E-state index contributed by atoms with van der Waals surface area (Å²) in [5.74, 6) is -0.400. The Balaban J connectivity index is 1.38. The van der Waals surface area contributed by atoms with E-state index in [-0.39, 0.29) is 12.2 Å². The molecule has 142 valence electrons. The van der Waals surface area contributed by atoms with Crippen molar-refractivity contribution in [3.8, 4) is 0 Å². The smallest absolute Gasteiger partial charge is 0.338 e. The quantitative estimate of drug-likeness (QED) is 0.539. The summed E-state index contributed by atoms with van der Waals surface area (Å²) < 4.78 is 6.67. The molecule has 1 aliphatic carbocycles. The molecule has 0 amide bonds. The number of nitrogens with zero attached hydrogens (tertiary/aromatic N) is 3. The fraction of sp³-hybridized carbons (Fsp3) is 0.300. The van der Waals surface area contributed by atoms with E-state index in [2.05, 4.69) is 15.1 Å². The molecule has 0 bridgehead atoms. The summed E-state index contributed by atoms with van der Waals surface area (Å²) in [5.41, 5.74) is 4.60. The highest BCUT2D eigenvalue weighted by Gasteiger charge is 2.18. The van der Waals surface area contributed by atoms with Crippen LogP contribution in [0.5, 0.6) is 0 Å². The lowest BCUT2D eigenvalue weighted by Crippen LogP contribution is -2.14. The minimum absolute atomic E-state index is 0.00856. The van der Waals surface area contributed by atoms with Gasteiger partial charge in [0.1, 0.15) is 6.61 Å². The molecular weight excluding hydrogens is 376 g/mol. The first-order chi connectivity index (χ1) is 13.6. The van der Waals surface area contributed by atoms with Crippen LogP contribution in [0.25, 0.3) is 15.9 Å². The second-order valence-electron chi connectivity index (χ2n) is 7.05. The van der Waals surface area contributed by atoms with E-state index < -0.39 is 5.97 Å². The number of carbonyl (C=O) groups excluding carboxylic acids is 1. The summed E-state index contributed by atoms with van der Waals surface area (Å²) in [5, 5.41) is 5.83. The molecule has 5 rings (SSSR count). The Labute approximate surface area is 164 Å². The van der Waals surface area contributed by atoms with Gasteiger partial charge >= 0.3 is 5.97 Å². The lowest BCUT2D eigenvalue weighted by atomic mass is 9.95. The monoisotopic (exact) mass is 394 g/mol. The maximum absolute atomic E-state index is 12.5. The maximum Gasteiger partial charge on any atom is 0.338 e. The normalized spacial score (nSPS) is 13.8. The van der Waals surface area contributed by atoms with Crippen LogP contribution >= 0.6 is 11.3 Å². The minimum atomic E-state index is -0.400. The van der Waals surface area contributed by atoms with E-state index in [1.807, 2.05) is 12.1 Å². The first kappa shape index (κ1) is 17.1. The third-order valence-electron chi connectivity index (χ3n) is 5.08. The molecular formula is C20H18N4O3S. The molecule has 3 aromatic heterocycles. The number of ether oxygens (including phenoxy) is 1. The highest BCUT2D eigenvalue weighted by Crippen LogP contribution is 2.30. The molecule has 0 spiro atoms. The van der Waals surface area contributed by atoms with Crippen molar-refractivity contribution in [2.24, 2.45) is 0 Å². The third-order valence-corrected chi connectivity index (χ3v) is 5.96. The van der Waals surface area contributed by atoms with Gasteiger partial charge in [0.05, 0.1) is 5.56 Å². The fourth-order valence-corrected chi connectivity index (χ4v) is 4.62. The van der Waals surface area contributed by atoms with E-state index >= 15 is 0 Å². The van der Waals surface area contributed by atoms with Crippen molar-refractivity contribution in [3.05, 3.63) is 62.1 Å². The van der Waals surface area contributed by atoms with Crippen molar-refractivity contribution in [3.63, 3.8) is 0 Å². The van der Waals surface area contributed by atoms with E-state index in [1.54, 1.807) is 13.0 Å². The lowest BCUT2D eigenvalue weighted by molar-refractivity contribution is 0.0471. The van der Waals surface area contributed by atoms with Crippen LogP contribution in [0.15, 0.2) is 29.1 Å². The van der Waals surface area contributed by atoms with Gasteiger partial charge in [-0.05, 0) is 56.4 Å². The van der Waals surface area contributed by atoms with Crippen LogP contribution in [-0.2, 0) is 24.2 Å². The van der Waals surface area contributed by atoms with Gasteiger partial charge in [-0.1, -0.05) is 11.3 Å². The number of aromatic amines is 1. The maximum atomic E-state index is 12.5. The molecule has 1 aliphatic rings. The first-order valence-corrected chi connectivity index (χ1v) is 10.1. The second-order valence-corrected chi connectivity index (χ2v) is 8.09. The molecule has 7 nitrogen and oxygen atoms in total. The number of hydrogen-bond acceptors (Lipinski definition) is 6. The van der Waals surface area contributed by atoms with Gasteiger partial charge in [0, 0.05) is 28.4 Å². The van der Waals surface area contributed by atoms with Crippen molar-refractivity contribution < 1.29 is 9.53 Å². The Morgan fingerprint density at radius 3 is 3.04 bits per heavy atom. The number of fused-ring (bicyclic) bond motifs is 4. The van der Waals surface area contributed by atoms with E-state index in [9.17, 15) is 9.59 Å². The Morgan fingerprint density at radius 1 is 1.29 bits per heavy atom. The molecule has 0 radical (unpaired) electrons. The van der Waals surface area contributed by atoms with E-state index in [0.717, 1.165) is 23.7 Å². The summed E-state index contributed by atoms with van der Waals surface area (Å²) in [6, 6.07) is 7.05. The fourth-order valence-electron chi connectivity index (χ4n) is 3.76. The number of nitrogens with one attached hydrogen (secondary N) is 1. The Hall–Kier alpha value is -3.00. The summed E-state index contributed by atoms with van der Waals surface area (Å²) in [7, 11) is 0. The lowest BCUT2D eigenvalue weighted by Gasteiger charge is -2.10. The topological polar surface area (TPSA) is 89.4 Å². The van der Waals surface area contributed by atoms with Crippen molar-refractivity contribution in [2.75, 3.05) is 0 Å². The minimum Gasteiger partial charge on any atom is -0.455 e. The zero-order valence-corrected chi connectivity index (χ0v) is 16.1. The van der Waals surface area contributed by atoms with Crippen molar-refractivity contribution in [1.29, 1.82) is 0 Å². The first-order valence-electron chi connectivity index (χ1n) is 9.25. The standard InChI is InChI=1S/C20H18N4O3S/c1-11-8-18(25)24-20(21-11)28-17(23-24)10-27-19(26)12-6-7-16-14(9-12)13-4-2-3-5-15(13)22-16/h6-9,22H,2-5,10H2,1H3.